The molecule has 0 aliphatic rings. The summed E-state index contributed by atoms with van der Waals surface area (Å²) in [6, 6.07) is 0. The van der Waals surface area contributed by atoms with Gasteiger partial charge >= 0.3 is 5.97 Å². The Bertz CT molecular complexity index is 278. The van der Waals surface area contributed by atoms with Gasteiger partial charge in [-0.05, 0) is 33.1 Å². The minimum absolute atomic E-state index is 0.0937. The normalized spacial score (nSPS) is 15.6. The molecule has 132 valence electrons. The predicted molar refractivity (Wildman–Crippen MR) is 86.8 cm³/mol. The van der Waals surface area contributed by atoms with E-state index >= 15 is 0 Å². The van der Waals surface area contributed by atoms with Crippen molar-refractivity contribution in [3.8, 4) is 0 Å². The van der Waals surface area contributed by atoms with E-state index < -0.39 is 6.10 Å². The zero-order chi connectivity index (χ0) is 17.0. The summed E-state index contributed by atoms with van der Waals surface area (Å²) in [5, 5.41) is 9.12. The quantitative estimate of drug-likeness (QED) is 0.418. The second kappa shape index (κ2) is 12.9. The summed E-state index contributed by atoms with van der Waals surface area (Å²) < 4.78 is 16.1. The first kappa shape index (κ1) is 21.4. The molecule has 5 heteroatoms. The minimum atomic E-state index is -0.475. The molecule has 0 aliphatic carbocycles. The lowest BCUT2D eigenvalue weighted by atomic mass is 10.1. The van der Waals surface area contributed by atoms with Gasteiger partial charge in [0.25, 0.3) is 0 Å². The van der Waals surface area contributed by atoms with Crippen molar-refractivity contribution in [3.05, 3.63) is 0 Å². The van der Waals surface area contributed by atoms with Gasteiger partial charge in [-0.1, -0.05) is 26.7 Å². The molecule has 0 aromatic rings. The van der Waals surface area contributed by atoms with Crippen LogP contribution in [0.25, 0.3) is 0 Å². The van der Waals surface area contributed by atoms with E-state index in [2.05, 4.69) is 13.8 Å². The van der Waals surface area contributed by atoms with Crippen LogP contribution < -0.4 is 0 Å². The standard InChI is InChI=1S/C17H34O5/c1-13(2)8-6-7-9-17(19)22-12-16(5)21-11-15(4)20-10-14(3)18/h13-16,18H,6-12H2,1-5H3. The van der Waals surface area contributed by atoms with E-state index in [0.29, 0.717) is 25.6 Å². The second-order valence-corrected chi connectivity index (χ2v) is 6.46. The number of unbranched alkanes of at least 4 members (excludes halogenated alkanes) is 1. The zero-order valence-electron chi connectivity index (χ0n) is 14.8. The monoisotopic (exact) mass is 318 g/mol. The number of rotatable bonds is 13. The van der Waals surface area contributed by atoms with Gasteiger partial charge < -0.3 is 19.3 Å². The molecular weight excluding hydrogens is 284 g/mol. The summed E-state index contributed by atoms with van der Waals surface area (Å²) >= 11 is 0. The van der Waals surface area contributed by atoms with Crippen molar-refractivity contribution in [1.29, 1.82) is 0 Å². The van der Waals surface area contributed by atoms with Gasteiger partial charge in [0.05, 0.1) is 31.5 Å². The second-order valence-electron chi connectivity index (χ2n) is 6.46. The van der Waals surface area contributed by atoms with E-state index in [9.17, 15) is 4.79 Å². The molecule has 3 unspecified atom stereocenters. The van der Waals surface area contributed by atoms with Gasteiger partial charge in [-0.15, -0.1) is 0 Å². The lowest BCUT2D eigenvalue weighted by Crippen LogP contribution is -2.26. The first-order valence-electron chi connectivity index (χ1n) is 8.38. The van der Waals surface area contributed by atoms with Gasteiger partial charge in [0, 0.05) is 6.42 Å². The van der Waals surface area contributed by atoms with Gasteiger partial charge in [-0.3, -0.25) is 4.79 Å². The number of aliphatic hydroxyl groups excluding tert-OH is 1. The maximum atomic E-state index is 11.6. The molecule has 0 saturated carbocycles. The highest BCUT2D eigenvalue weighted by atomic mass is 16.6. The lowest BCUT2D eigenvalue weighted by Gasteiger charge is -2.18. The van der Waals surface area contributed by atoms with E-state index in [1.807, 2.05) is 13.8 Å². The highest BCUT2D eigenvalue weighted by Gasteiger charge is 2.11. The van der Waals surface area contributed by atoms with Gasteiger partial charge in [-0.25, -0.2) is 0 Å². The molecule has 5 nitrogen and oxygen atoms in total. The number of esters is 1. The maximum Gasteiger partial charge on any atom is 0.305 e. The van der Waals surface area contributed by atoms with E-state index in [1.54, 1.807) is 6.92 Å². The smallest absolute Gasteiger partial charge is 0.305 e. The molecule has 0 heterocycles. The van der Waals surface area contributed by atoms with Crippen LogP contribution in [0.15, 0.2) is 0 Å². The molecule has 0 spiro atoms. The Morgan fingerprint density at radius 2 is 1.50 bits per heavy atom. The SMILES string of the molecule is CC(C)CCCCC(=O)OCC(C)OCC(C)OCC(C)O. The van der Waals surface area contributed by atoms with Crippen LogP contribution in [0.5, 0.6) is 0 Å². The topological polar surface area (TPSA) is 65.0 Å². The van der Waals surface area contributed by atoms with Crippen molar-refractivity contribution in [2.45, 2.75) is 78.6 Å². The van der Waals surface area contributed by atoms with E-state index in [4.69, 9.17) is 19.3 Å². The maximum absolute atomic E-state index is 11.6. The van der Waals surface area contributed by atoms with Crippen molar-refractivity contribution >= 4 is 5.97 Å². The molecule has 0 bridgehead atoms. The van der Waals surface area contributed by atoms with E-state index in [1.165, 1.54) is 0 Å². The Hall–Kier alpha value is -0.650. The van der Waals surface area contributed by atoms with Gasteiger partial charge in [0.1, 0.15) is 6.61 Å². The Balaban J connectivity index is 3.58. The van der Waals surface area contributed by atoms with Gasteiger partial charge in [-0.2, -0.15) is 0 Å². The minimum Gasteiger partial charge on any atom is -0.463 e. The molecule has 0 aromatic carbocycles. The molecule has 0 radical (unpaired) electrons. The van der Waals surface area contributed by atoms with Crippen molar-refractivity contribution in [3.63, 3.8) is 0 Å². The number of carbonyl (C=O) groups is 1. The van der Waals surface area contributed by atoms with Crippen molar-refractivity contribution in [1.82, 2.24) is 0 Å². The third kappa shape index (κ3) is 14.3. The van der Waals surface area contributed by atoms with Gasteiger partial charge in [0.2, 0.25) is 0 Å². The summed E-state index contributed by atoms with van der Waals surface area (Å²) in [4.78, 5) is 11.6. The third-order valence-electron chi connectivity index (χ3n) is 3.13. The Labute approximate surface area is 135 Å². The van der Waals surface area contributed by atoms with E-state index in [-0.39, 0.29) is 24.8 Å². The van der Waals surface area contributed by atoms with Crippen LogP contribution in [-0.4, -0.2) is 49.2 Å². The fourth-order valence-electron chi connectivity index (χ4n) is 1.80. The van der Waals surface area contributed by atoms with Crippen LogP contribution in [0.2, 0.25) is 0 Å². The van der Waals surface area contributed by atoms with Gasteiger partial charge in [0.15, 0.2) is 0 Å². The molecule has 22 heavy (non-hydrogen) atoms. The Kier molecular flexibility index (Phi) is 12.5. The molecule has 0 aromatic heterocycles. The molecule has 1 N–H and O–H groups in total. The van der Waals surface area contributed by atoms with Crippen LogP contribution in [0.4, 0.5) is 0 Å². The highest BCUT2D eigenvalue weighted by Crippen LogP contribution is 2.08. The third-order valence-corrected chi connectivity index (χ3v) is 3.13. The Morgan fingerprint density at radius 3 is 2.09 bits per heavy atom. The summed E-state index contributed by atoms with van der Waals surface area (Å²) in [6.45, 7) is 10.8. The van der Waals surface area contributed by atoms with Crippen LogP contribution >= 0.6 is 0 Å². The first-order valence-corrected chi connectivity index (χ1v) is 8.38. The summed E-state index contributed by atoms with van der Waals surface area (Å²) in [5.74, 6) is 0.528. The first-order chi connectivity index (χ1) is 10.3. The van der Waals surface area contributed by atoms with Crippen molar-refractivity contribution in [2.75, 3.05) is 19.8 Å². The van der Waals surface area contributed by atoms with E-state index in [0.717, 1.165) is 19.3 Å². The largest absolute Gasteiger partial charge is 0.463 e. The lowest BCUT2D eigenvalue weighted by molar-refractivity contribution is -0.148. The molecule has 3 atom stereocenters. The molecule has 0 fully saturated rings. The zero-order valence-corrected chi connectivity index (χ0v) is 14.8. The van der Waals surface area contributed by atoms with Crippen LogP contribution in [0.1, 0.15) is 60.3 Å². The predicted octanol–water partition coefficient (Wildman–Crippen LogP) is 2.94. The number of carbonyl (C=O) groups excluding carboxylic acids is 1. The average molecular weight is 318 g/mol. The fraction of sp³-hybridized carbons (Fsp3) is 0.941. The summed E-state index contributed by atoms with van der Waals surface area (Å²) in [7, 11) is 0. The summed E-state index contributed by atoms with van der Waals surface area (Å²) in [5.41, 5.74) is 0. The number of ether oxygens (including phenoxy) is 3. The molecular formula is C17H34O5. The molecule has 0 amide bonds. The van der Waals surface area contributed by atoms with Crippen LogP contribution in [-0.2, 0) is 19.0 Å². The molecule has 0 aliphatic heterocycles. The van der Waals surface area contributed by atoms with Crippen molar-refractivity contribution < 1.29 is 24.1 Å². The number of hydrogen-bond acceptors (Lipinski definition) is 5. The van der Waals surface area contributed by atoms with Crippen LogP contribution in [0, 0.1) is 5.92 Å². The number of hydrogen-bond donors (Lipinski definition) is 1. The highest BCUT2D eigenvalue weighted by molar-refractivity contribution is 5.69. The number of aliphatic hydroxyl groups is 1. The molecule has 0 rings (SSSR count). The van der Waals surface area contributed by atoms with Crippen molar-refractivity contribution in [2.24, 2.45) is 5.92 Å². The average Bonchev–Trinajstić information content (AvgIpc) is 2.45. The fourth-order valence-corrected chi connectivity index (χ4v) is 1.80. The summed E-state index contributed by atoms with van der Waals surface area (Å²) in [6.07, 6.45) is 2.86. The molecule has 0 saturated heterocycles. The van der Waals surface area contributed by atoms with Crippen LogP contribution in [0.3, 0.4) is 0 Å². The Morgan fingerprint density at radius 1 is 0.909 bits per heavy atom.